The topological polar surface area (TPSA) is 47.0 Å². The average Bonchev–Trinajstić information content (AvgIpc) is 2.74. The average molecular weight is 276 g/mol. The first-order chi connectivity index (χ1) is 8.19. The van der Waals surface area contributed by atoms with Gasteiger partial charge < -0.3 is 10.1 Å². The number of alkyl halides is 1. The van der Waals surface area contributed by atoms with E-state index in [-0.39, 0.29) is 0 Å². The number of anilines is 1. The molecule has 1 aliphatic carbocycles. The molecule has 1 heterocycles. The van der Waals surface area contributed by atoms with Crippen LogP contribution in [-0.4, -0.2) is 29.0 Å². The number of nitrogens with zero attached hydrogens (tertiary/aromatic N) is 2. The molecule has 4 nitrogen and oxygen atoms in total. The van der Waals surface area contributed by atoms with Gasteiger partial charge in [0.05, 0.1) is 13.3 Å². The van der Waals surface area contributed by atoms with Crippen molar-refractivity contribution in [2.45, 2.75) is 24.6 Å². The molecular formula is C11H15Cl2N3O. The molecule has 2 atom stereocenters. The minimum absolute atomic E-state index is 0.317. The van der Waals surface area contributed by atoms with E-state index in [2.05, 4.69) is 15.3 Å². The Bertz CT molecular complexity index is 389. The zero-order valence-electron chi connectivity index (χ0n) is 9.62. The van der Waals surface area contributed by atoms with Gasteiger partial charge in [-0.15, -0.1) is 11.6 Å². The summed E-state index contributed by atoms with van der Waals surface area (Å²) >= 11 is 12.1. The third-order valence-corrected chi connectivity index (χ3v) is 3.61. The van der Waals surface area contributed by atoms with Crippen LogP contribution < -0.4 is 10.1 Å². The van der Waals surface area contributed by atoms with E-state index in [1.807, 2.05) is 0 Å². The van der Waals surface area contributed by atoms with Crippen LogP contribution in [0.1, 0.15) is 19.3 Å². The first kappa shape index (κ1) is 12.7. The Morgan fingerprint density at radius 2 is 2.35 bits per heavy atom. The number of aromatic nitrogens is 2. The van der Waals surface area contributed by atoms with Gasteiger partial charge in [-0.25, -0.2) is 4.98 Å². The van der Waals surface area contributed by atoms with E-state index in [9.17, 15) is 0 Å². The minimum atomic E-state index is 0.317. The Balaban J connectivity index is 1.94. The Labute approximate surface area is 111 Å². The molecule has 2 unspecified atom stereocenters. The van der Waals surface area contributed by atoms with E-state index in [1.165, 1.54) is 13.3 Å². The molecule has 1 aromatic heterocycles. The standard InChI is InChI=1S/C11H15Cl2N3O/c1-17-11-15-6-9(13)10(16-11)14-5-7-2-3-8(12)4-7/h6-8H,2-5H2,1H3,(H,14,15,16). The summed E-state index contributed by atoms with van der Waals surface area (Å²) in [5.41, 5.74) is 0. The zero-order valence-corrected chi connectivity index (χ0v) is 11.1. The lowest BCUT2D eigenvalue weighted by Gasteiger charge is -2.12. The molecular weight excluding hydrogens is 261 g/mol. The molecule has 0 bridgehead atoms. The SMILES string of the molecule is COc1ncc(Cl)c(NCC2CCC(Cl)C2)n1. The van der Waals surface area contributed by atoms with Gasteiger partial charge in [0.25, 0.3) is 0 Å². The molecule has 1 fully saturated rings. The molecule has 94 valence electrons. The molecule has 0 amide bonds. The highest BCUT2D eigenvalue weighted by Gasteiger charge is 2.22. The number of hydrogen-bond acceptors (Lipinski definition) is 4. The van der Waals surface area contributed by atoms with Crippen molar-refractivity contribution in [1.29, 1.82) is 0 Å². The van der Waals surface area contributed by atoms with Crippen LogP contribution in [0.15, 0.2) is 6.20 Å². The fraction of sp³-hybridized carbons (Fsp3) is 0.636. The van der Waals surface area contributed by atoms with Gasteiger partial charge in [-0.05, 0) is 25.2 Å². The first-order valence-electron chi connectivity index (χ1n) is 5.63. The van der Waals surface area contributed by atoms with Gasteiger partial charge in [0.1, 0.15) is 5.02 Å². The number of nitrogens with one attached hydrogen (secondary N) is 1. The Hall–Kier alpha value is -0.740. The normalized spacial score (nSPS) is 23.7. The molecule has 0 aromatic carbocycles. The lowest BCUT2D eigenvalue weighted by molar-refractivity contribution is 0.380. The highest BCUT2D eigenvalue weighted by molar-refractivity contribution is 6.32. The highest BCUT2D eigenvalue weighted by Crippen LogP contribution is 2.30. The van der Waals surface area contributed by atoms with Gasteiger partial charge in [0.15, 0.2) is 5.82 Å². The summed E-state index contributed by atoms with van der Waals surface area (Å²) in [7, 11) is 1.53. The van der Waals surface area contributed by atoms with Crippen LogP contribution in [-0.2, 0) is 0 Å². The third kappa shape index (κ3) is 3.36. The zero-order chi connectivity index (χ0) is 12.3. The smallest absolute Gasteiger partial charge is 0.318 e. The fourth-order valence-corrected chi connectivity index (χ4v) is 2.55. The van der Waals surface area contributed by atoms with Crippen molar-refractivity contribution < 1.29 is 4.74 Å². The van der Waals surface area contributed by atoms with Crippen molar-refractivity contribution >= 4 is 29.0 Å². The second-order valence-corrected chi connectivity index (χ2v) is 5.23. The summed E-state index contributed by atoms with van der Waals surface area (Å²) in [6, 6.07) is 0.318. The van der Waals surface area contributed by atoms with E-state index < -0.39 is 0 Å². The number of ether oxygens (including phenoxy) is 1. The van der Waals surface area contributed by atoms with Crippen LogP contribution in [0.25, 0.3) is 0 Å². The molecule has 6 heteroatoms. The predicted octanol–water partition coefficient (Wildman–Crippen LogP) is 2.96. The molecule has 1 aliphatic rings. The maximum absolute atomic E-state index is 6.07. The van der Waals surface area contributed by atoms with Crippen LogP contribution >= 0.6 is 23.2 Å². The molecule has 2 rings (SSSR count). The van der Waals surface area contributed by atoms with Crippen molar-refractivity contribution in [2.75, 3.05) is 19.0 Å². The van der Waals surface area contributed by atoms with Crippen LogP contribution in [0.3, 0.4) is 0 Å². The molecule has 0 spiro atoms. The molecule has 1 saturated carbocycles. The Kier molecular flexibility index (Phi) is 4.29. The van der Waals surface area contributed by atoms with Crippen molar-refractivity contribution in [2.24, 2.45) is 5.92 Å². The molecule has 0 aliphatic heterocycles. The lowest BCUT2D eigenvalue weighted by atomic mass is 10.1. The third-order valence-electron chi connectivity index (χ3n) is 2.94. The molecule has 1 aromatic rings. The monoisotopic (exact) mass is 275 g/mol. The largest absolute Gasteiger partial charge is 0.467 e. The molecule has 0 saturated heterocycles. The maximum atomic E-state index is 6.07. The van der Waals surface area contributed by atoms with Gasteiger partial charge in [0, 0.05) is 11.9 Å². The van der Waals surface area contributed by atoms with Crippen molar-refractivity contribution in [1.82, 2.24) is 9.97 Å². The summed E-state index contributed by atoms with van der Waals surface area (Å²) < 4.78 is 4.96. The number of methoxy groups -OCH3 is 1. The van der Waals surface area contributed by atoms with E-state index in [1.54, 1.807) is 0 Å². The van der Waals surface area contributed by atoms with E-state index in [4.69, 9.17) is 27.9 Å². The Morgan fingerprint density at radius 1 is 1.53 bits per heavy atom. The van der Waals surface area contributed by atoms with E-state index in [0.717, 1.165) is 25.8 Å². The second-order valence-electron chi connectivity index (χ2n) is 4.21. The number of hydrogen-bond donors (Lipinski definition) is 1. The predicted molar refractivity (Wildman–Crippen MR) is 69.1 cm³/mol. The lowest BCUT2D eigenvalue weighted by Crippen LogP contribution is -2.13. The van der Waals surface area contributed by atoms with Crippen LogP contribution in [0, 0.1) is 5.92 Å². The molecule has 1 N–H and O–H groups in total. The van der Waals surface area contributed by atoms with Crippen molar-refractivity contribution in [3.05, 3.63) is 11.2 Å². The minimum Gasteiger partial charge on any atom is -0.467 e. The summed E-state index contributed by atoms with van der Waals surface area (Å²) in [6.45, 7) is 0.836. The highest BCUT2D eigenvalue weighted by atomic mass is 35.5. The van der Waals surface area contributed by atoms with Crippen LogP contribution in [0.4, 0.5) is 5.82 Å². The second kappa shape index (κ2) is 5.74. The van der Waals surface area contributed by atoms with Gasteiger partial charge in [-0.3, -0.25) is 0 Å². The number of halogens is 2. The first-order valence-corrected chi connectivity index (χ1v) is 6.45. The summed E-state index contributed by atoms with van der Waals surface area (Å²) in [5, 5.41) is 4.05. The summed E-state index contributed by atoms with van der Waals surface area (Å²) in [6.07, 6.45) is 4.83. The van der Waals surface area contributed by atoms with Gasteiger partial charge in [-0.1, -0.05) is 11.6 Å². The van der Waals surface area contributed by atoms with E-state index in [0.29, 0.717) is 28.1 Å². The van der Waals surface area contributed by atoms with Gasteiger partial charge >= 0.3 is 6.01 Å². The van der Waals surface area contributed by atoms with E-state index >= 15 is 0 Å². The quantitative estimate of drug-likeness (QED) is 0.859. The molecule has 17 heavy (non-hydrogen) atoms. The van der Waals surface area contributed by atoms with Gasteiger partial charge in [0.2, 0.25) is 0 Å². The summed E-state index contributed by atoms with van der Waals surface area (Å²) in [5.74, 6) is 1.21. The van der Waals surface area contributed by atoms with Gasteiger partial charge in [-0.2, -0.15) is 4.98 Å². The van der Waals surface area contributed by atoms with Crippen LogP contribution in [0.5, 0.6) is 6.01 Å². The summed E-state index contributed by atoms with van der Waals surface area (Å²) in [4.78, 5) is 8.08. The number of rotatable bonds is 4. The fourth-order valence-electron chi connectivity index (χ4n) is 2.01. The van der Waals surface area contributed by atoms with Crippen LogP contribution in [0.2, 0.25) is 5.02 Å². The van der Waals surface area contributed by atoms with Crippen molar-refractivity contribution in [3.63, 3.8) is 0 Å². The Morgan fingerprint density at radius 3 is 3.00 bits per heavy atom. The maximum Gasteiger partial charge on any atom is 0.318 e. The molecule has 0 radical (unpaired) electrons. The van der Waals surface area contributed by atoms with Crippen molar-refractivity contribution in [3.8, 4) is 6.01 Å².